The zero-order valence-electron chi connectivity index (χ0n) is 12.7. The maximum atomic E-state index is 10.00. The summed E-state index contributed by atoms with van der Waals surface area (Å²) in [5, 5.41) is 10.9. The summed E-state index contributed by atoms with van der Waals surface area (Å²) in [6.07, 6.45) is 10.2. The summed E-state index contributed by atoms with van der Waals surface area (Å²) in [6, 6.07) is 6.19. The second-order valence-electron chi connectivity index (χ2n) is 7.04. The summed E-state index contributed by atoms with van der Waals surface area (Å²) >= 11 is 0. The molecule has 1 nitrogen and oxygen atoms in total. The third-order valence-corrected chi connectivity index (χ3v) is 8.91. The van der Waals surface area contributed by atoms with Crippen LogP contribution in [0.3, 0.4) is 0 Å². The van der Waals surface area contributed by atoms with Crippen LogP contribution >= 0.6 is 0 Å². The normalized spacial score (nSPS) is 37.4. The van der Waals surface area contributed by atoms with Crippen LogP contribution in [0, 0.1) is 5.92 Å². The standard InChI is InChI=1S/C19H24OS/c1-2-10-21-11-9-19-8-4-3-5-16(19)18(21)12-14-6-7-15(20)13-17(14)19/h2,6-7,13,16,18H,1,3-5,8-12H2/p+1/t16-,18+,19+,21?/m0/s1. The third kappa shape index (κ3) is 1.98. The highest BCUT2D eigenvalue weighted by atomic mass is 32.2. The predicted octanol–water partition coefficient (Wildman–Crippen LogP) is 3.95. The molecule has 4 rings (SSSR count). The highest BCUT2D eigenvalue weighted by Crippen LogP contribution is 2.57. The van der Waals surface area contributed by atoms with Gasteiger partial charge in [-0.1, -0.05) is 25.5 Å². The van der Waals surface area contributed by atoms with Crippen molar-refractivity contribution in [2.45, 2.75) is 49.2 Å². The predicted molar refractivity (Wildman–Crippen MR) is 91.1 cm³/mol. The van der Waals surface area contributed by atoms with Crippen molar-refractivity contribution in [2.75, 3.05) is 11.5 Å². The third-order valence-electron chi connectivity index (χ3n) is 6.17. The van der Waals surface area contributed by atoms with Gasteiger partial charge in [0.15, 0.2) is 0 Å². The van der Waals surface area contributed by atoms with E-state index in [0.717, 1.165) is 11.2 Å². The Hall–Kier alpha value is -0.890. The second kappa shape index (κ2) is 5.08. The van der Waals surface area contributed by atoms with Crippen LogP contribution in [-0.2, 0) is 22.7 Å². The van der Waals surface area contributed by atoms with Crippen molar-refractivity contribution >= 4 is 10.9 Å². The van der Waals surface area contributed by atoms with Gasteiger partial charge in [-0.3, -0.25) is 0 Å². The van der Waals surface area contributed by atoms with Crippen molar-refractivity contribution in [3.8, 4) is 5.75 Å². The fraction of sp³-hybridized carbons (Fsp3) is 0.579. The molecule has 21 heavy (non-hydrogen) atoms. The molecule has 1 heterocycles. The lowest BCUT2D eigenvalue weighted by Gasteiger charge is -2.54. The molecule has 1 aromatic rings. The van der Waals surface area contributed by atoms with E-state index in [1.54, 1.807) is 0 Å². The molecule has 1 saturated carbocycles. The molecule has 0 radical (unpaired) electrons. The van der Waals surface area contributed by atoms with Gasteiger partial charge in [0.2, 0.25) is 0 Å². The van der Waals surface area contributed by atoms with Crippen LogP contribution in [0.4, 0.5) is 0 Å². The van der Waals surface area contributed by atoms with E-state index in [1.165, 1.54) is 61.2 Å². The van der Waals surface area contributed by atoms with Gasteiger partial charge in [-0.2, -0.15) is 0 Å². The van der Waals surface area contributed by atoms with Crippen molar-refractivity contribution in [2.24, 2.45) is 5.92 Å². The van der Waals surface area contributed by atoms with Gasteiger partial charge >= 0.3 is 0 Å². The minimum atomic E-state index is 0.389. The SMILES string of the molecule is C=CC[S+]1CC[C@]23CCCC[C@H]2[C@H]1Cc1ccc(O)cc13. The second-order valence-corrected chi connectivity index (χ2v) is 9.46. The van der Waals surface area contributed by atoms with Crippen molar-refractivity contribution in [3.63, 3.8) is 0 Å². The first kappa shape index (κ1) is 13.8. The van der Waals surface area contributed by atoms with Gasteiger partial charge in [-0.25, -0.2) is 0 Å². The van der Waals surface area contributed by atoms with Crippen LogP contribution in [0.25, 0.3) is 0 Å². The molecule has 2 bridgehead atoms. The van der Waals surface area contributed by atoms with Gasteiger partial charge < -0.3 is 5.11 Å². The maximum Gasteiger partial charge on any atom is 0.126 e. The van der Waals surface area contributed by atoms with E-state index in [9.17, 15) is 5.11 Å². The fourth-order valence-electron chi connectivity index (χ4n) is 5.33. The molecule has 112 valence electrons. The van der Waals surface area contributed by atoms with Crippen LogP contribution in [-0.4, -0.2) is 21.9 Å². The average Bonchev–Trinajstić information content (AvgIpc) is 2.51. The Labute approximate surface area is 130 Å². The van der Waals surface area contributed by atoms with E-state index in [1.807, 2.05) is 6.07 Å². The minimum absolute atomic E-state index is 0.389. The monoisotopic (exact) mass is 301 g/mol. The molecule has 2 fully saturated rings. The molecule has 4 atom stereocenters. The Kier molecular flexibility index (Phi) is 3.33. The Morgan fingerprint density at radius 3 is 3.10 bits per heavy atom. The smallest absolute Gasteiger partial charge is 0.126 e. The van der Waals surface area contributed by atoms with Crippen LogP contribution < -0.4 is 0 Å². The van der Waals surface area contributed by atoms with E-state index in [2.05, 4.69) is 24.8 Å². The Morgan fingerprint density at radius 2 is 2.24 bits per heavy atom. The molecule has 2 heteroatoms. The lowest BCUT2D eigenvalue weighted by atomic mass is 9.55. The summed E-state index contributed by atoms with van der Waals surface area (Å²) in [4.78, 5) is 0. The largest absolute Gasteiger partial charge is 0.508 e. The minimum Gasteiger partial charge on any atom is -0.508 e. The summed E-state index contributed by atoms with van der Waals surface area (Å²) in [5.41, 5.74) is 3.42. The van der Waals surface area contributed by atoms with Crippen molar-refractivity contribution < 1.29 is 5.11 Å². The Morgan fingerprint density at radius 1 is 1.33 bits per heavy atom. The molecule has 1 aromatic carbocycles. The quantitative estimate of drug-likeness (QED) is 0.648. The van der Waals surface area contributed by atoms with Gasteiger partial charge in [0.05, 0.1) is 0 Å². The van der Waals surface area contributed by atoms with Gasteiger partial charge in [0.1, 0.15) is 22.5 Å². The van der Waals surface area contributed by atoms with E-state index >= 15 is 0 Å². The van der Waals surface area contributed by atoms with Gasteiger partial charge in [-0.05, 0) is 53.1 Å². The van der Waals surface area contributed by atoms with E-state index < -0.39 is 0 Å². The van der Waals surface area contributed by atoms with E-state index in [-0.39, 0.29) is 0 Å². The molecule has 1 unspecified atom stereocenters. The average molecular weight is 301 g/mol. The number of phenols is 1. The summed E-state index contributed by atoms with van der Waals surface area (Å²) < 4.78 is 0. The highest BCUT2D eigenvalue weighted by Gasteiger charge is 2.58. The number of benzene rings is 1. The lowest BCUT2D eigenvalue weighted by Crippen LogP contribution is -2.57. The first-order valence-corrected chi connectivity index (χ1v) is 9.97. The lowest BCUT2D eigenvalue weighted by molar-refractivity contribution is 0.151. The van der Waals surface area contributed by atoms with Crippen molar-refractivity contribution in [1.82, 2.24) is 0 Å². The maximum absolute atomic E-state index is 10.00. The van der Waals surface area contributed by atoms with Crippen molar-refractivity contribution in [1.29, 1.82) is 0 Å². The number of hydrogen-bond acceptors (Lipinski definition) is 1. The zero-order chi connectivity index (χ0) is 14.4. The van der Waals surface area contributed by atoms with Gasteiger partial charge in [-0.15, -0.1) is 0 Å². The summed E-state index contributed by atoms with van der Waals surface area (Å²) in [6.45, 7) is 3.99. The summed E-state index contributed by atoms with van der Waals surface area (Å²) in [5.74, 6) is 3.91. The van der Waals surface area contributed by atoms with Gasteiger partial charge in [0.25, 0.3) is 0 Å². The Bertz CT molecular complexity index is 567. The molecular weight excluding hydrogens is 276 g/mol. The molecule has 1 N–H and O–H groups in total. The van der Waals surface area contributed by atoms with Gasteiger partial charge in [0, 0.05) is 24.2 Å². The van der Waals surface area contributed by atoms with Crippen LogP contribution in [0.15, 0.2) is 30.9 Å². The number of phenolic OH excluding ortho intramolecular Hbond substituents is 1. The molecule has 1 saturated heterocycles. The van der Waals surface area contributed by atoms with Crippen LogP contribution in [0.2, 0.25) is 0 Å². The summed E-state index contributed by atoms with van der Waals surface area (Å²) in [7, 11) is 0.531. The molecular formula is C19H25OS+. The molecule has 1 aliphatic heterocycles. The molecule has 2 aliphatic carbocycles. The fourth-order valence-corrected chi connectivity index (χ4v) is 8.25. The van der Waals surface area contributed by atoms with E-state index in [4.69, 9.17) is 0 Å². The molecule has 3 aliphatic rings. The first-order valence-electron chi connectivity index (χ1n) is 8.34. The molecule has 0 amide bonds. The van der Waals surface area contributed by atoms with Crippen LogP contribution in [0.5, 0.6) is 5.75 Å². The number of hydrogen-bond donors (Lipinski definition) is 1. The highest BCUT2D eigenvalue weighted by molar-refractivity contribution is 7.97. The number of aromatic hydroxyl groups is 1. The first-order chi connectivity index (χ1) is 10.2. The topological polar surface area (TPSA) is 20.2 Å². The number of rotatable bonds is 2. The van der Waals surface area contributed by atoms with Crippen molar-refractivity contribution in [3.05, 3.63) is 42.0 Å². The van der Waals surface area contributed by atoms with Crippen LogP contribution in [0.1, 0.15) is 43.2 Å². The Balaban J connectivity index is 1.83. The van der Waals surface area contributed by atoms with E-state index in [0.29, 0.717) is 22.1 Å². The zero-order valence-corrected chi connectivity index (χ0v) is 13.5. The molecule has 0 spiro atoms. The number of fused-ring (bicyclic) bond motifs is 1. The molecule has 0 aromatic heterocycles.